The highest BCUT2D eigenvalue weighted by Gasteiger charge is 2.27. The lowest BCUT2D eigenvalue weighted by Crippen LogP contribution is -2.39. The van der Waals surface area contributed by atoms with Gasteiger partial charge in [0.15, 0.2) is 5.65 Å². The smallest absolute Gasteiger partial charge is 0.227 e. The summed E-state index contributed by atoms with van der Waals surface area (Å²) in [7, 11) is 0. The molecule has 1 N–H and O–H groups in total. The van der Waals surface area contributed by atoms with Gasteiger partial charge in [-0.15, -0.1) is 0 Å². The number of amides is 1. The third-order valence-corrected chi connectivity index (χ3v) is 6.92. The van der Waals surface area contributed by atoms with Gasteiger partial charge < -0.3 is 10.2 Å². The first kappa shape index (κ1) is 22.4. The van der Waals surface area contributed by atoms with Gasteiger partial charge in [-0.25, -0.2) is 4.98 Å². The number of hydrogen-bond acceptors (Lipinski definition) is 4. The summed E-state index contributed by atoms with van der Waals surface area (Å²) in [6.45, 7) is 7.60. The van der Waals surface area contributed by atoms with Gasteiger partial charge in [-0.05, 0) is 51.3 Å². The number of aromatic nitrogens is 3. The summed E-state index contributed by atoms with van der Waals surface area (Å²) >= 11 is 6.21. The molecule has 0 saturated carbocycles. The molecule has 0 aliphatic carbocycles. The van der Waals surface area contributed by atoms with Crippen LogP contribution in [0.1, 0.15) is 29.7 Å². The van der Waals surface area contributed by atoms with Crippen molar-refractivity contribution in [3.8, 4) is 11.3 Å². The Morgan fingerprint density at radius 1 is 1.00 bits per heavy atom. The van der Waals surface area contributed by atoms with E-state index < -0.39 is 0 Å². The Bertz CT molecular complexity index is 1350. The fourth-order valence-corrected chi connectivity index (χ4v) is 4.64. The molecule has 2 aromatic heterocycles. The monoisotopic (exact) mass is 473 g/mol. The van der Waals surface area contributed by atoms with Crippen LogP contribution >= 0.6 is 11.6 Å². The van der Waals surface area contributed by atoms with Crippen LogP contribution in [-0.4, -0.2) is 33.6 Å². The summed E-state index contributed by atoms with van der Waals surface area (Å²) in [5.41, 5.74) is 6.73. The second-order valence-corrected chi connectivity index (χ2v) is 9.54. The molecule has 174 valence electrons. The first-order chi connectivity index (χ1) is 16.4. The molecule has 0 bridgehead atoms. The van der Waals surface area contributed by atoms with Crippen molar-refractivity contribution in [2.24, 2.45) is 5.92 Å². The average molecular weight is 474 g/mol. The highest BCUT2D eigenvalue weighted by molar-refractivity contribution is 6.31. The minimum absolute atomic E-state index is 0.0319. The van der Waals surface area contributed by atoms with E-state index in [2.05, 4.69) is 47.5 Å². The summed E-state index contributed by atoms with van der Waals surface area (Å²) in [4.78, 5) is 19.9. The van der Waals surface area contributed by atoms with E-state index in [1.165, 1.54) is 5.56 Å². The Morgan fingerprint density at radius 2 is 1.74 bits per heavy atom. The maximum Gasteiger partial charge on any atom is 0.227 e. The van der Waals surface area contributed by atoms with Gasteiger partial charge in [0.05, 0.1) is 5.69 Å². The number of carbonyl (C=O) groups is 1. The van der Waals surface area contributed by atoms with Crippen LogP contribution in [-0.2, 0) is 4.79 Å². The molecule has 3 heterocycles. The summed E-state index contributed by atoms with van der Waals surface area (Å²) in [5.74, 6) is 1.04. The molecule has 0 radical (unpaired) electrons. The second-order valence-electron chi connectivity index (χ2n) is 9.14. The van der Waals surface area contributed by atoms with Gasteiger partial charge in [0.25, 0.3) is 0 Å². The molecule has 4 aromatic rings. The molecule has 1 aliphatic heterocycles. The maximum atomic E-state index is 12.9. The molecule has 7 heteroatoms. The number of halogens is 1. The largest absolute Gasteiger partial charge is 0.356 e. The van der Waals surface area contributed by atoms with E-state index in [4.69, 9.17) is 21.7 Å². The van der Waals surface area contributed by atoms with Crippen LogP contribution in [0.25, 0.3) is 16.9 Å². The number of benzene rings is 2. The first-order valence-electron chi connectivity index (χ1n) is 11.6. The quantitative estimate of drug-likeness (QED) is 0.405. The van der Waals surface area contributed by atoms with Crippen molar-refractivity contribution in [1.82, 2.24) is 14.6 Å². The zero-order valence-corrected chi connectivity index (χ0v) is 20.4. The normalized spacial score (nSPS) is 14.5. The van der Waals surface area contributed by atoms with Gasteiger partial charge in [0.1, 0.15) is 5.82 Å². The average Bonchev–Trinajstić information content (AvgIpc) is 3.25. The molecule has 1 amide bonds. The molecule has 6 nitrogen and oxygen atoms in total. The van der Waals surface area contributed by atoms with Gasteiger partial charge in [-0.2, -0.15) is 9.61 Å². The van der Waals surface area contributed by atoms with E-state index in [0.29, 0.717) is 5.02 Å². The number of anilines is 2. The molecule has 5 rings (SSSR count). The van der Waals surface area contributed by atoms with E-state index in [0.717, 1.165) is 65.6 Å². The molecule has 2 aromatic carbocycles. The Morgan fingerprint density at radius 3 is 2.44 bits per heavy atom. The predicted octanol–water partition coefficient (Wildman–Crippen LogP) is 5.83. The number of aryl methyl sites for hydroxylation is 3. The summed E-state index contributed by atoms with van der Waals surface area (Å²) in [6.07, 6.45) is 1.56. The van der Waals surface area contributed by atoms with Crippen LogP contribution in [0.15, 0.2) is 54.6 Å². The fraction of sp³-hybridized carbons (Fsp3) is 0.296. The Hall–Kier alpha value is -3.38. The van der Waals surface area contributed by atoms with Crippen molar-refractivity contribution >= 4 is 34.7 Å². The van der Waals surface area contributed by atoms with Gasteiger partial charge in [-0.1, -0.05) is 47.5 Å². The van der Waals surface area contributed by atoms with Crippen LogP contribution < -0.4 is 10.2 Å². The third kappa shape index (κ3) is 4.50. The molecule has 34 heavy (non-hydrogen) atoms. The van der Waals surface area contributed by atoms with E-state index in [9.17, 15) is 4.79 Å². The third-order valence-electron chi connectivity index (χ3n) is 6.51. The van der Waals surface area contributed by atoms with Crippen molar-refractivity contribution in [1.29, 1.82) is 0 Å². The molecule has 1 saturated heterocycles. The molecule has 0 unspecified atom stereocenters. The SMILES string of the molecule is Cc1ccc(-c2cc3nc(C)cc(N4CCC(C(=O)Nc5ccc(C)c(Cl)c5)CC4)n3n2)cc1. The summed E-state index contributed by atoms with van der Waals surface area (Å²) in [5, 5.41) is 8.56. The minimum atomic E-state index is -0.0319. The Balaban J connectivity index is 1.32. The zero-order valence-electron chi connectivity index (χ0n) is 19.7. The highest BCUT2D eigenvalue weighted by atomic mass is 35.5. The number of carbonyl (C=O) groups excluding carboxylic acids is 1. The Labute approximate surface area is 204 Å². The zero-order chi connectivity index (χ0) is 23.8. The lowest BCUT2D eigenvalue weighted by molar-refractivity contribution is -0.120. The van der Waals surface area contributed by atoms with Crippen LogP contribution in [0.2, 0.25) is 5.02 Å². The van der Waals surface area contributed by atoms with E-state index in [1.807, 2.05) is 42.6 Å². The topological polar surface area (TPSA) is 62.5 Å². The number of hydrogen-bond donors (Lipinski definition) is 1. The van der Waals surface area contributed by atoms with Crippen molar-refractivity contribution in [2.45, 2.75) is 33.6 Å². The number of rotatable bonds is 4. The van der Waals surface area contributed by atoms with Gasteiger partial charge in [-0.3, -0.25) is 4.79 Å². The standard InChI is InChI=1S/C27H28ClN5O/c1-17-4-7-20(8-5-17)24-16-25-29-19(3)14-26(33(25)31-24)32-12-10-21(11-13-32)27(34)30-22-9-6-18(2)23(28)15-22/h4-9,14-16,21H,10-13H2,1-3H3,(H,30,34). The van der Waals surface area contributed by atoms with Crippen LogP contribution in [0, 0.1) is 26.7 Å². The molecular formula is C27H28ClN5O. The predicted molar refractivity (Wildman–Crippen MR) is 138 cm³/mol. The highest BCUT2D eigenvalue weighted by Crippen LogP contribution is 2.28. The minimum Gasteiger partial charge on any atom is -0.356 e. The lowest BCUT2D eigenvalue weighted by atomic mass is 9.95. The molecule has 1 aliphatic rings. The van der Waals surface area contributed by atoms with Crippen LogP contribution in [0.4, 0.5) is 11.5 Å². The lowest BCUT2D eigenvalue weighted by Gasteiger charge is -2.33. The van der Waals surface area contributed by atoms with E-state index >= 15 is 0 Å². The molecule has 1 fully saturated rings. The van der Waals surface area contributed by atoms with Crippen molar-refractivity contribution < 1.29 is 4.79 Å². The second kappa shape index (κ2) is 9.11. The first-order valence-corrected chi connectivity index (χ1v) is 12.0. The fourth-order valence-electron chi connectivity index (χ4n) is 4.46. The van der Waals surface area contributed by atoms with E-state index in [1.54, 1.807) is 0 Å². The van der Waals surface area contributed by atoms with Crippen LogP contribution in [0.3, 0.4) is 0 Å². The van der Waals surface area contributed by atoms with Gasteiger partial charge in [0.2, 0.25) is 5.91 Å². The van der Waals surface area contributed by atoms with Crippen molar-refractivity contribution in [3.63, 3.8) is 0 Å². The summed E-state index contributed by atoms with van der Waals surface area (Å²) in [6, 6.07) is 18.1. The molecule has 0 spiro atoms. The number of fused-ring (bicyclic) bond motifs is 1. The molecule has 0 atom stereocenters. The number of piperidine rings is 1. The summed E-state index contributed by atoms with van der Waals surface area (Å²) < 4.78 is 1.93. The van der Waals surface area contributed by atoms with Crippen LogP contribution in [0.5, 0.6) is 0 Å². The maximum absolute atomic E-state index is 12.9. The van der Waals surface area contributed by atoms with Crippen molar-refractivity contribution in [2.75, 3.05) is 23.3 Å². The number of nitrogens with zero attached hydrogens (tertiary/aromatic N) is 4. The van der Waals surface area contributed by atoms with Crippen molar-refractivity contribution in [3.05, 3.63) is 76.4 Å². The molecular weight excluding hydrogens is 446 g/mol. The van der Waals surface area contributed by atoms with Gasteiger partial charge >= 0.3 is 0 Å². The Kier molecular flexibility index (Phi) is 6.00. The number of nitrogens with one attached hydrogen (secondary N) is 1. The van der Waals surface area contributed by atoms with Gasteiger partial charge in [0, 0.05) is 53.1 Å². The van der Waals surface area contributed by atoms with E-state index in [-0.39, 0.29) is 11.8 Å².